The topological polar surface area (TPSA) is 68.3 Å². The highest BCUT2D eigenvalue weighted by molar-refractivity contribution is 5.90. The zero-order valence-corrected chi connectivity index (χ0v) is 13.1. The van der Waals surface area contributed by atoms with E-state index in [2.05, 4.69) is 11.1 Å². The van der Waals surface area contributed by atoms with Crippen molar-refractivity contribution in [1.82, 2.24) is 4.98 Å². The van der Waals surface area contributed by atoms with Crippen LogP contribution < -0.4 is 4.74 Å². The molecule has 1 aliphatic heterocycles. The maximum Gasteiger partial charge on any atom is 0.160 e. The standard InChI is InChI=1S/C19H16N2O3/c20-12-14-11-13(16-3-7-21-17-6-10-23-19(16)17)1-2-18(14)24-15-4-8-22-9-5-15/h1-3,6-7,10-11,15H,4-5,8-9H2. The summed E-state index contributed by atoms with van der Waals surface area (Å²) < 4.78 is 16.9. The predicted octanol–water partition coefficient (Wildman–Crippen LogP) is 3.92. The second kappa shape index (κ2) is 6.34. The number of ether oxygens (including phenoxy) is 2. The van der Waals surface area contributed by atoms with E-state index in [1.165, 1.54) is 0 Å². The van der Waals surface area contributed by atoms with Gasteiger partial charge < -0.3 is 13.9 Å². The van der Waals surface area contributed by atoms with Crippen LogP contribution in [0, 0.1) is 11.3 Å². The predicted molar refractivity (Wildman–Crippen MR) is 88.6 cm³/mol. The molecule has 0 saturated carbocycles. The van der Waals surface area contributed by atoms with Crippen molar-refractivity contribution in [2.45, 2.75) is 18.9 Å². The zero-order valence-electron chi connectivity index (χ0n) is 13.1. The van der Waals surface area contributed by atoms with Gasteiger partial charge in [0.25, 0.3) is 0 Å². The molecule has 1 aliphatic rings. The van der Waals surface area contributed by atoms with E-state index in [4.69, 9.17) is 13.9 Å². The van der Waals surface area contributed by atoms with Crippen LogP contribution in [0.25, 0.3) is 22.2 Å². The van der Waals surface area contributed by atoms with Gasteiger partial charge in [0, 0.05) is 30.7 Å². The number of benzene rings is 1. The fraction of sp³-hybridized carbons (Fsp3) is 0.263. The van der Waals surface area contributed by atoms with Crippen molar-refractivity contribution in [3.8, 4) is 22.9 Å². The summed E-state index contributed by atoms with van der Waals surface area (Å²) in [5.41, 5.74) is 3.87. The van der Waals surface area contributed by atoms with Crippen molar-refractivity contribution in [2.24, 2.45) is 0 Å². The molecule has 1 fully saturated rings. The summed E-state index contributed by atoms with van der Waals surface area (Å²) in [6.07, 6.45) is 5.17. The fourth-order valence-corrected chi connectivity index (χ4v) is 2.96. The molecule has 0 unspecified atom stereocenters. The summed E-state index contributed by atoms with van der Waals surface area (Å²) in [6, 6.07) is 11.6. The molecule has 0 bridgehead atoms. The van der Waals surface area contributed by atoms with Crippen molar-refractivity contribution in [3.63, 3.8) is 0 Å². The monoisotopic (exact) mass is 320 g/mol. The molecule has 1 aromatic carbocycles. The van der Waals surface area contributed by atoms with Crippen LogP contribution in [0.15, 0.2) is 47.2 Å². The molecule has 0 atom stereocenters. The van der Waals surface area contributed by atoms with E-state index in [1.807, 2.05) is 30.3 Å². The third-order valence-corrected chi connectivity index (χ3v) is 4.22. The first-order valence-corrected chi connectivity index (χ1v) is 7.96. The minimum absolute atomic E-state index is 0.106. The highest BCUT2D eigenvalue weighted by Gasteiger charge is 2.18. The van der Waals surface area contributed by atoms with E-state index in [1.54, 1.807) is 12.5 Å². The van der Waals surface area contributed by atoms with Crippen molar-refractivity contribution in [3.05, 3.63) is 48.4 Å². The number of rotatable bonds is 3. The van der Waals surface area contributed by atoms with Crippen LogP contribution in [0.3, 0.4) is 0 Å². The number of pyridine rings is 1. The summed E-state index contributed by atoms with van der Waals surface area (Å²) >= 11 is 0. The zero-order chi connectivity index (χ0) is 16.4. The summed E-state index contributed by atoms with van der Waals surface area (Å²) in [5, 5.41) is 9.50. The Morgan fingerprint density at radius 2 is 2.04 bits per heavy atom. The van der Waals surface area contributed by atoms with Crippen molar-refractivity contribution in [1.29, 1.82) is 5.26 Å². The molecule has 5 nitrogen and oxygen atoms in total. The lowest BCUT2D eigenvalue weighted by Gasteiger charge is -2.23. The van der Waals surface area contributed by atoms with E-state index in [0.717, 1.165) is 35.1 Å². The average molecular weight is 320 g/mol. The highest BCUT2D eigenvalue weighted by Crippen LogP contribution is 2.32. The van der Waals surface area contributed by atoms with E-state index in [9.17, 15) is 5.26 Å². The third kappa shape index (κ3) is 2.72. The number of aromatic nitrogens is 1. The van der Waals surface area contributed by atoms with Crippen LogP contribution in [0.2, 0.25) is 0 Å². The number of fused-ring (bicyclic) bond motifs is 1. The Morgan fingerprint density at radius 1 is 1.17 bits per heavy atom. The van der Waals surface area contributed by atoms with Gasteiger partial charge in [-0.1, -0.05) is 6.07 Å². The molecule has 24 heavy (non-hydrogen) atoms. The Kier molecular flexibility index (Phi) is 3.89. The molecule has 3 heterocycles. The SMILES string of the molecule is N#Cc1cc(-c2ccnc3ccoc23)ccc1OC1CCOCC1. The van der Waals surface area contributed by atoms with Crippen LogP contribution in [0.4, 0.5) is 0 Å². The summed E-state index contributed by atoms with van der Waals surface area (Å²) in [6.45, 7) is 1.41. The van der Waals surface area contributed by atoms with Gasteiger partial charge in [-0.05, 0) is 23.8 Å². The number of furan rings is 1. The van der Waals surface area contributed by atoms with Gasteiger partial charge in [-0.25, -0.2) is 0 Å². The van der Waals surface area contributed by atoms with E-state index in [0.29, 0.717) is 24.5 Å². The van der Waals surface area contributed by atoms with Crippen molar-refractivity contribution in [2.75, 3.05) is 13.2 Å². The van der Waals surface area contributed by atoms with Crippen LogP contribution in [0.1, 0.15) is 18.4 Å². The molecule has 0 spiro atoms. The maximum absolute atomic E-state index is 9.50. The molecule has 1 saturated heterocycles. The van der Waals surface area contributed by atoms with Crippen molar-refractivity contribution >= 4 is 11.1 Å². The van der Waals surface area contributed by atoms with Gasteiger partial charge >= 0.3 is 0 Å². The Hall–Kier alpha value is -2.84. The smallest absolute Gasteiger partial charge is 0.160 e. The molecule has 0 aliphatic carbocycles. The summed E-state index contributed by atoms with van der Waals surface area (Å²) in [7, 11) is 0. The van der Waals surface area contributed by atoms with Gasteiger partial charge in [0.1, 0.15) is 23.4 Å². The first kappa shape index (κ1) is 14.7. The van der Waals surface area contributed by atoms with Gasteiger partial charge in [0.2, 0.25) is 0 Å². The van der Waals surface area contributed by atoms with Gasteiger partial charge in [-0.2, -0.15) is 5.26 Å². The van der Waals surface area contributed by atoms with Crippen LogP contribution in [-0.2, 0) is 4.74 Å². The van der Waals surface area contributed by atoms with E-state index in [-0.39, 0.29) is 6.10 Å². The minimum Gasteiger partial charge on any atom is -0.489 e. The third-order valence-electron chi connectivity index (χ3n) is 4.22. The summed E-state index contributed by atoms with van der Waals surface area (Å²) in [4.78, 5) is 4.27. The molecule has 4 rings (SSSR count). The maximum atomic E-state index is 9.50. The first-order valence-electron chi connectivity index (χ1n) is 7.96. The van der Waals surface area contributed by atoms with Crippen LogP contribution >= 0.6 is 0 Å². The molecular weight excluding hydrogens is 304 g/mol. The lowest BCUT2D eigenvalue weighted by atomic mass is 10.0. The van der Waals surface area contributed by atoms with Crippen LogP contribution in [0.5, 0.6) is 5.75 Å². The summed E-state index contributed by atoms with van der Waals surface area (Å²) in [5.74, 6) is 0.623. The Bertz CT molecular complexity index is 904. The van der Waals surface area contributed by atoms with E-state index >= 15 is 0 Å². The molecule has 5 heteroatoms. The molecule has 0 N–H and O–H groups in total. The molecule has 2 aromatic heterocycles. The largest absolute Gasteiger partial charge is 0.489 e. The van der Waals surface area contributed by atoms with Gasteiger partial charge in [0.15, 0.2) is 5.58 Å². The minimum atomic E-state index is 0.106. The number of hydrogen-bond donors (Lipinski definition) is 0. The van der Waals surface area contributed by atoms with Gasteiger partial charge in [0.05, 0.1) is 25.0 Å². The first-order chi connectivity index (χ1) is 11.8. The number of hydrogen-bond acceptors (Lipinski definition) is 5. The quantitative estimate of drug-likeness (QED) is 0.731. The highest BCUT2D eigenvalue weighted by atomic mass is 16.5. The van der Waals surface area contributed by atoms with E-state index < -0.39 is 0 Å². The normalized spacial score (nSPS) is 15.3. The lowest BCUT2D eigenvalue weighted by molar-refractivity contribution is 0.0254. The van der Waals surface area contributed by atoms with Crippen molar-refractivity contribution < 1.29 is 13.9 Å². The Labute approximate surface area is 139 Å². The molecule has 0 amide bonds. The Balaban J connectivity index is 1.68. The van der Waals surface area contributed by atoms with Gasteiger partial charge in [-0.15, -0.1) is 0 Å². The molecular formula is C19H16N2O3. The average Bonchev–Trinajstić information content (AvgIpc) is 3.12. The molecule has 0 radical (unpaired) electrons. The number of nitrogens with zero attached hydrogens (tertiary/aromatic N) is 2. The molecule has 120 valence electrons. The lowest BCUT2D eigenvalue weighted by Crippen LogP contribution is -2.26. The Morgan fingerprint density at radius 3 is 2.88 bits per heavy atom. The van der Waals surface area contributed by atoms with Crippen LogP contribution in [-0.4, -0.2) is 24.3 Å². The van der Waals surface area contributed by atoms with Gasteiger partial charge in [-0.3, -0.25) is 4.98 Å². The molecule has 3 aromatic rings. The second-order valence-electron chi connectivity index (χ2n) is 5.75. The fourth-order valence-electron chi connectivity index (χ4n) is 2.96. The second-order valence-corrected chi connectivity index (χ2v) is 5.75. The number of nitriles is 1.